The molecule has 3 rings (SSSR count). The standard InChI is InChI=1S/C13H14ClFN3/c1-7-2-4-8(5-3-7)13-17-9-6-16-12(14)10(15)11(9)18-13/h6-7H,2-5H2,1H3,(H,17,18). The molecule has 0 aromatic carbocycles. The van der Waals surface area contributed by atoms with Crippen molar-refractivity contribution in [3.8, 4) is 0 Å². The molecule has 0 unspecified atom stereocenters. The lowest BCUT2D eigenvalue weighted by Crippen LogP contribution is -2.12. The maximum absolute atomic E-state index is 13.8. The Labute approximate surface area is 110 Å². The summed E-state index contributed by atoms with van der Waals surface area (Å²) in [5.41, 5.74) is 0.897. The third-order valence-corrected chi connectivity index (χ3v) is 3.90. The molecule has 0 atom stereocenters. The number of imidazole rings is 1. The fraction of sp³-hybridized carbons (Fsp3) is 0.462. The fourth-order valence-corrected chi connectivity index (χ4v) is 2.58. The monoisotopic (exact) mass is 266 g/mol. The van der Waals surface area contributed by atoms with Gasteiger partial charge in [-0.15, -0.1) is 0 Å². The van der Waals surface area contributed by atoms with Gasteiger partial charge < -0.3 is 4.98 Å². The number of rotatable bonds is 1. The van der Waals surface area contributed by atoms with Crippen LogP contribution in [-0.4, -0.2) is 15.0 Å². The summed E-state index contributed by atoms with van der Waals surface area (Å²) in [5, 5.41) is -0.122. The van der Waals surface area contributed by atoms with Crippen LogP contribution in [0.4, 0.5) is 4.39 Å². The summed E-state index contributed by atoms with van der Waals surface area (Å²) in [6.07, 6.45) is 5.94. The topological polar surface area (TPSA) is 41.6 Å². The summed E-state index contributed by atoms with van der Waals surface area (Å²) in [4.78, 5) is 11.3. The Bertz CT molecular complexity index is 573. The Morgan fingerprint density at radius 3 is 2.83 bits per heavy atom. The Morgan fingerprint density at radius 2 is 2.11 bits per heavy atom. The smallest absolute Gasteiger partial charge is 0.188 e. The van der Waals surface area contributed by atoms with E-state index in [1.807, 2.05) is 0 Å². The van der Waals surface area contributed by atoms with Crippen LogP contribution in [0.25, 0.3) is 11.0 Å². The number of pyridine rings is 1. The number of fused-ring (bicyclic) bond motifs is 1. The molecule has 5 heteroatoms. The number of hydrogen-bond donors (Lipinski definition) is 1. The van der Waals surface area contributed by atoms with Gasteiger partial charge >= 0.3 is 0 Å². The first kappa shape index (κ1) is 11.9. The lowest BCUT2D eigenvalue weighted by molar-refractivity contribution is 0.412. The first-order valence-corrected chi connectivity index (χ1v) is 6.57. The van der Waals surface area contributed by atoms with Crippen LogP contribution < -0.4 is 0 Å². The highest BCUT2D eigenvalue weighted by Crippen LogP contribution is 2.34. The van der Waals surface area contributed by atoms with E-state index in [-0.39, 0.29) is 10.7 Å². The minimum absolute atomic E-state index is 0.122. The van der Waals surface area contributed by atoms with E-state index in [1.165, 1.54) is 25.0 Å². The van der Waals surface area contributed by atoms with Gasteiger partial charge in [-0.05, 0) is 31.6 Å². The van der Waals surface area contributed by atoms with Crippen molar-refractivity contribution in [1.29, 1.82) is 0 Å². The first-order chi connectivity index (χ1) is 8.65. The molecule has 0 amide bonds. The number of aromatic nitrogens is 3. The highest BCUT2D eigenvalue weighted by Gasteiger charge is 2.24. The number of nitrogens with one attached hydrogen (secondary N) is 1. The maximum atomic E-state index is 13.8. The molecule has 0 saturated heterocycles. The molecule has 2 heterocycles. The van der Waals surface area contributed by atoms with Crippen molar-refractivity contribution in [1.82, 2.24) is 15.0 Å². The molecular weight excluding hydrogens is 253 g/mol. The summed E-state index contributed by atoms with van der Waals surface area (Å²) < 4.78 is 13.8. The van der Waals surface area contributed by atoms with Crippen LogP contribution in [0.15, 0.2) is 6.20 Å². The number of halogens is 2. The van der Waals surface area contributed by atoms with Gasteiger partial charge in [0.15, 0.2) is 11.0 Å². The van der Waals surface area contributed by atoms with Crippen LogP contribution >= 0.6 is 11.6 Å². The molecule has 0 spiro atoms. The predicted molar refractivity (Wildman–Crippen MR) is 68.8 cm³/mol. The predicted octanol–water partition coefficient (Wildman–Crippen LogP) is 3.88. The first-order valence-electron chi connectivity index (χ1n) is 6.20. The molecule has 2 aromatic rings. The molecule has 1 fully saturated rings. The van der Waals surface area contributed by atoms with E-state index >= 15 is 0 Å². The number of aromatic amines is 1. The van der Waals surface area contributed by atoms with Crippen molar-refractivity contribution in [3.63, 3.8) is 0 Å². The largest absolute Gasteiger partial charge is 0.340 e. The zero-order valence-corrected chi connectivity index (χ0v) is 10.9. The van der Waals surface area contributed by atoms with Crippen LogP contribution in [0.5, 0.6) is 0 Å². The second kappa shape index (κ2) is 4.50. The lowest BCUT2D eigenvalue weighted by Gasteiger charge is -2.23. The van der Waals surface area contributed by atoms with Crippen LogP contribution in [0, 0.1) is 17.7 Å². The third kappa shape index (κ3) is 1.99. The molecule has 18 heavy (non-hydrogen) atoms. The molecule has 1 aliphatic carbocycles. The van der Waals surface area contributed by atoms with E-state index < -0.39 is 5.82 Å². The van der Waals surface area contributed by atoms with Crippen molar-refractivity contribution in [2.24, 2.45) is 5.92 Å². The highest BCUT2D eigenvalue weighted by atomic mass is 35.5. The molecule has 2 aromatic heterocycles. The van der Waals surface area contributed by atoms with E-state index in [0.29, 0.717) is 5.52 Å². The van der Waals surface area contributed by atoms with Crippen LogP contribution in [0.1, 0.15) is 38.4 Å². The minimum atomic E-state index is -0.540. The second-order valence-corrected chi connectivity index (χ2v) is 5.35. The van der Waals surface area contributed by atoms with Gasteiger partial charge in [0.2, 0.25) is 0 Å². The normalized spacial score (nSPS) is 18.6. The van der Waals surface area contributed by atoms with Crippen molar-refractivity contribution in [2.75, 3.05) is 0 Å². The Hall–Kier alpha value is -1.16. The van der Waals surface area contributed by atoms with Gasteiger partial charge in [-0.2, -0.15) is 0 Å². The van der Waals surface area contributed by atoms with Gasteiger partial charge in [0.05, 0.1) is 11.7 Å². The molecule has 1 N–H and O–H groups in total. The number of H-pyrrole nitrogens is 1. The second-order valence-electron chi connectivity index (χ2n) is 5.00. The SMILES string of the molecule is CC1CC[C](c2nc3c(F)c(Cl)ncc3[nH]2)CC1. The van der Waals surface area contributed by atoms with E-state index in [1.54, 1.807) is 0 Å². The Balaban J connectivity index is 1.96. The molecular formula is C13H14ClFN3. The Kier molecular flexibility index (Phi) is 2.98. The molecule has 1 saturated carbocycles. The van der Waals surface area contributed by atoms with E-state index in [9.17, 15) is 4.39 Å². The zero-order valence-electron chi connectivity index (χ0n) is 10.1. The molecule has 3 nitrogen and oxygen atoms in total. The van der Waals surface area contributed by atoms with Gasteiger partial charge in [-0.25, -0.2) is 14.4 Å². The molecule has 95 valence electrons. The molecule has 1 radical (unpaired) electrons. The summed E-state index contributed by atoms with van der Waals surface area (Å²) in [7, 11) is 0. The summed E-state index contributed by atoms with van der Waals surface area (Å²) >= 11 is 5.66. The fourth-order valence-electron chi connectivity index (χ4n) is 2.44. The van der Waals surface area contributed by atoms with Crippen LogP contribution in [-0.2, 0) is 0 Å². The zero-order chi connectivity index (χ0) is 12.7. The van der Waals surface area contributed by atoms with Crippen molar-refractivity contribution in [3.05, 3.63) is 28.9 Å². The third-order valence-electron chi connectivity index (χ3n) is 3.64. The number of hydrogen-bond acceptors (Lipinski definition) is 2. The van der Waals surface area contributed by atoms with Crippen LogP contribution in [0.3, 0.4) is 0 Å². The molecule has 0 aliphatic heterocycles. The van der Waals surface area contributed by atoms with Gasteiger partial charge in [-0.3, -0.25) is 0 Å². The number of nitrogens with zero attached hydrogens (tertiary/aromatic N) is 2. The van der Waals surface area contributed by atoms with Crippen molar-refractivity contribution >= 4 is 22.6 Å². The maximum Gasteiger partial charge on any atom is 0.188 e. The summed E-state index contributed by atoms with van der Waals surface area (Å²) in [6, 6.07) is 0. The quantitative estimate of drug-likeness (QED) is 0.796. The minimum Gasteiger partial charge on any atom is -0.340 e. The lowest BCUT2D eigenvalue weighted by atomic mass is 9.83. The Morgan fingerprint density at radius 1 is 1.39 bits per heavy atom. The average Bonchev–Trinajstić information content (AvgIpc) is 2.80. The summed E-state index contributed by atoms with van der Waals surface area (Å²) in [6.45, 7) is 2.26. The van der Waals surface area contributed by atoms with Gasteiger partial charge in [0.1, 0.15) is 11.3 Å². The van der Waals surface area contributed by atoms with Gasteiger partial charge in [0, 0.05) is 5.92 Å². The molecule has 0 bridgehead atoms. The summed E-state index contributed by atoms with van der Waals surface area (Å²) in [5.74, 6) is 2.30. The van der Waals surface area contributed by atoms with Crippen molar-refractivity contribution < 1.29 is 4.39 Å². The molecule has 1 aliphatic rings. The van der Waals surface area contributed by atoms with Gasteiger partial charge in [-0.1, -0.05) is 18.5 Å². The van der Waals surface area contributed by atoms with E-state index in [4.69, 9.17) is 11.6 Å². The van der Waals surface area contributed by atoms with Gasteiger partial charge in [0.25, 0.3) is 0 Å². The average molecular weight is 267 g/mol. The van der Waals surface area contributed by atoms with Crippen LogP contribution in [0.2, 0.25) is 5.15 Å². The van der Waals surface area contributed by atoms with E-state index in [0.717, 1.165) is 24.6 Å². The van der Waals surface area contributed by atoms with E-state index in [2.05, 4.69) is 21.9 Å². The van der Waals surface area contributed by atoms with Crippen molar-refractivity contribution in [2.45, 2.75) is 32.6 Å². The highest BCUT2D eigenvalue weighted by molar-refractivity contribution is 6.30.